The first-order valence-electron chi connectivity index (χ1n) is 6.15. The van der Waals surface area contributed by atoms with Gasteiger partial charge in [0.1, 0.15) is 0 Å². The maximum atomic E-state index is 2.41. The molecule has 1 aliphatic rings. The van der Waals surface area contributed by atoms with E-state index in [9.17, 15) is 0 Å². The van der Waals surface area contributed by atoms with Gasteiger partial charge in [-0.15, -0.1) is 0 Å². The second-order valence-electron chi connectivity index (χ2n) is 5.34. The molecule has 1 aliphatic carbocycles. The van der Waals surface area contributed by atoms with Crippen LogP contribution < -0.4 is 0 Å². The van der Waals surface area contributed by atoms with Crippen molar-refractivity contribution in [3.8, 4) is 0 Å². The highest BCUT2D eigenvalue weighted by Crippen LogP contribution is 2.37. The average Bonchev–Trinajstić information content (AvgIpc) is 2.09. The van der Waals surface area contributed by atoms with Gasteiger partial charge in [-0.1, -0.05) is 47.0 Å². The molecule has 1 unspecified atom stereocenters. The summed E-state index contributed by atoms with van der Waals surface area (Å²) in [6.45, 7) is 9.56. The maximum absolute atomic E-state index is 2.41. The lowest BCUT2D eigenvalue weighted by atomic mass is 9.72. The Labute approximate surface area is 84.1 Å². The smallest absolute Gasteiger partial charge is 0.0365 e. The summed E-state index contributed by atoms with van der Waals surface area (Å²) in [5, 5.41) is 0. The van der Waals surface area contributed by atoms with Gasteiger partial charge in [-0.2, -0.15) is 0 Å². The van der Waals surface area contributed by atoms with Crippen LogP contribution in [0.4, 0.5) is 0 Å². The first kappa shape index (κ1) is 11.1. The van der Waals surface area contributed by atoms with Gasteiger partial charge in [-0.3, -0.25) is 0 Å². The Morgan fingerprint density at radius 1 is 1.08 bits per heavy atom. The van der Waals surface area contributed by atoms with E-state index in [0.717, 1.165) is 23.7 Å². The Morgan fingerprint density at radius 3 is 2.00 bits per heavy atom. The predicted octanol–water partition coefficient (Wildman–Crippen LogP) is 4.49. The summed E-state index contributed by atoms with van der Waals surface area (Å²) < 4.78 is 0. The molecule has 0 aromatic carbocycles. The molecule has 1 rings (SSSR count). The second-order valence-corrected chi connectivity index (χ2v) is 5.34. The van der Waals surface area contributed by atoms with Crippen molar-refractivity contribution in [2.75, 3.05) is 0 Å². The average molecular weight is 182 g/mol. The first-order valence-corrected chi connectivity index (χ1v) is 6.15. The molecule has 13 heavy (non-hydrogen) atoms. The Balaban J connectivity index is 2.41. The molecule has 0 aromatic rings. The Kier molecular flexibility index (Phi) is 4.28. The van der Waals surface area contributed by atoms with E-state index in [-0.39, 0.29) is 0 Å². The second kappa shape index (κ2) is 5.02. The fraction of sp³-hybridized carbons (Fsp3) is 1.00. The zero-order chi connectivity index (χ0) is 9.84. The lowest BCUT2D eigenvalue weighted by molar-refractivity contribution is 0.167. The molecular weight excluding hydrogens is 156 g/mol. The van der Waals surface area contributed by atoms with E-state index in [1.807, 2.05) is 0 Å². The molecular formula is C13H26. The van der Waals surface area contributed by atoms with Crippen LogP contribution in [0.5, 0.6) is 0 Å². The number of rotatable bonds is 3. The van der Waals surface area contributed by atoms with E-state index in [4.69, 9.17) is 0 Å². The van der Waals surface area contributed by atoms with E-state index < -0.39 is 0 Å². The SMILES string of the molecule is CCC(C(C)C)C1CCC(C)CC1. The maximum Gasteiger partial charge on any atom is -0.0365 e. The summed E-state index contributed by atoms with van der Waals surface area (Å²) in [4.78, 5) is 0. The van der Waals surface area contributed by atoms with Crippen molar-refractivity contribution in [1.29, 1.82) is 0 Å². The van der Waals surface area contributed by atoms with Gasteiger partial charge >= 0.3 is 0 Å². The van der Waals surface area contributed by atoms with Crippen LogP contribution in [-0.4, -0.2) is 0 Å². The van der Waals surface area contributed by atoms with E-state index >= 15 is 0 Å². The highest BCUT2D eigenvalue weighted by molar-refractivity contribution is 4.77. The molecule has 0 N–H and O–H groups in total. The Morgan fingerprint density at radius 2 is 1.62 bits per heavy atom. The molecule has 0 saturated heterocycles. The van der Waals surface area contributed by atoms with Crippen molar-refractivity contribution in [2.45, 2.75) is 59.8 Å². The molecule has 0 aliphatic heterocycles. The van der Waals surface area contributed by atoms with Crippen molar-refractivity contribution in [3.63, 3.8) is 0 Å². The van der Waals surface area contributed by atoms with E-state index in [1.165, 1.54) is 32.1 Å². The van der Waals surface area contributed by atoms with Gasteiger partial charge in [0, 0.05) is 0 Å². The lowest BCUT2D eigenvalue weighted by Gasteiger charge is -2.34. The van der Waals surface area contributed by atoms with Crippen LogP contribution in [0.3, 0.4) is 0 Å². The molecule has 0 nitrogen and oxygen atoms in total. The van der Waals surface area contributed by atoms with Gasteiger partial charge in [0.2, 0.25) is 0 Å². The fourth-order valence-corrected chi connectivity index (χ4v) is 3.06. The van der Waals surface area contributed by atoms with Gasteiger partial charge in [0.15, 0.2) is 0 Å². The van der Waals surface area contributed by atoms with Crippen LogP contribution in [0, 0.1) is 23.7 Å². The van der Waals surface area contributed by atoms with E-state index in [0.29, 0.717) is 0 Å². The quantitative estimate of drug-likeness (QED) is 0.603. The lowest BCUT2D eigenvalue weighted by Crippen LogP contribution is -2.24. The molecule has 0 heteroatoms. The number of hydrogen-bond donors (Lipinski definition) is 0. The minimum atomic E-state index is 0.892. The molecule has 0 bridgehead atoms. The summed E-state index contributed by atoms with van der Waals surface area (Å²) in [6.07, 6.45) is 7.34. The molecule has 1 atom stereocenters. The molecule has 0 aromatic heterocycles. The molecule has 0 radical (unpaired) electrons. The van der Waals surface area contributed by atoms with Crippen molar-refractivity contribution in [3.05, 3.63) is 0 Å². The summed E-state index contributed by atoms with van der Waals surface area (Å²) >= 11 is 0. The highest BCUT2D eigenvalue weighted by Gasteiger charge is 2.26. The molecule has 78 valence electrons. The number of hydrogen-bond acceptors (Lipinski definition) is 0. The van der Waals surface area contributed by atoms with Gasteiger partial charge in [-0.05, 0) is 36.5 Å². The summed E-state index contributed by atoms with van der Waals surface area (Å²) in [5.41, 5.74) is 0. The third kappa shape index (κ3) is 3.00. The van der Waals surface area contributed by atoms with Gasteiger partial charge < -0.3 is 0 Å². The predicted molar refractivity (Wildman–Crippen MR) is 59.7 cm³/mol. The fourth-order valence-electron chi connectivity index (χ4n) is 3.06. The molecule has 1 fully saturated rings. The third-order valence-electron chi connectivity index (χ3n) is 3.99. The Hall–Kier alpha value is 0. The van der Waals surface area contributed by atoms with Gasteiger partial charge in [0.25, 0.3) is 0 Å². The van der Waals surface area contributed by atoms with E-state index in [1.54, 1.807) is 0 Å². The summed E-state index contributed by atoms with van der Waals surface area (Å²) in [7, 11) is 0. The van der Waals surface area contributed by atoms with Gasteiger partial charge in [-0.25, -0.2) is 0 Å². The van der Waals surface area contributed by atoms with Crippen LogP contribution >= 0.6 is 0 Å². The topological polar surface area (TPSA) is 0 Å². The van der Waals surface area contributed by atoms with Crippen molar-refractivity contribution in [2.24, 2.45) is 23.7 Å². The highest BCUT2D eigenvalue weighted by atomic mass is 14.3. The normalized spacial score (nSPS) is 32.1. The standard InChI is InChI=1S/C13H26/c1-5-13(10(2)3)12-8-6-11(4)7-9-12/h10-13H,5-9H2,1-4H3. The molecule has 0 spiro atoms. The zero-order valence-electron chi connectivity index (χ0n) is 9.84. The van der Waals surface area contributed by atoms with Crippen LogP contribution in [0.15, 0.2) is 0 Å². The summed E-state index contributed by atoms with van der Waals surface area (Å²) in [6, 6.07) is 0. The zero-order valence-corrected chi connectivity index (χ0v) is 9.84. The van der Waals surface area contributed by atoms with Gasteiger partial charge in [0.05, 0.1) is 0 Å². The summed E-state index contributed by atoms with van der Waals surface area (Å²) in [5.74, 6) is 3.93. The van der Waals surface area contributed by atoms with Crippen molar-refractivity contribution in [1.82, 2.24) is 0 Å². The van der Waals surface area contributed by atoms with Crippen LogP contribution in [0.1, 0.15) is 59.8 Å². The monoisotopic (exact) mass is 182 g/mol. The third-order valence-corrected chi connectivity index (χ3v) is 3.99. The largest absolute Gasteiger partial charge is 0.0651 e. The van der Waals surface area contributed by atoms with Crippen LogP contribution in [0.2, 0.25) is 0 Å². The molecule has 0 amide bonds. The van der Waals surface area contributed by atoms with Crippen LogP contribution in [-0.2, 0) is 0 Å². The first-order chi connectivity index (χ1) is 6.15. The van der Waals surface area contributed by atoms with Crippen molar-refractivity contribution < 1.29 is 0 Å². The van der Waals surface area contributed by atoms with Crippen LogP contribution in [0.25, 0.3) is 0 Å². The van der Waals surface area contributed by atoms with Crippen molar-refractivity contribution >= 4 is 0 Å². The molecule has 1 saturated carbocycles. The Bertz CT molecular complexity index is 129. The molecule has 0 heterocycles. The van der Waals surface area contributed by atoms with E-state index in [2.05, 4.69) is 27.7 Å². The minimum Gasteiger partial charge on any atom is -0.0651 e. The minimum absolute atomic E-state index is 0.892.